The molecule has 130 valence electrons. The van der Waals surface area contributed by atoms with E-state index in [1.807, 2.05) is 0 Å². The Bertz CT molecular complexity index is 824. The molecule has 0 aliphatic rings. The second kappa shape index (κ2) is 7.88. The molecule has 3 aromatic carbocycles. The molecule has 0 radical (unpaired) electrons. The average Bonchev–Trinajstić information content (AvgIpc) is 2.49. The van der Waals surface area contributed by atoms with Crippen LogP contribution in [0.2, 0.25) is 0 Å². The molecule has 4 heteroatoms. The molecule has 0 saturated carbocycles. The van der Waals surface area contributed by atoms with E-state index in [1.54, 1.807) is 0 Å². The molecule has 0 unspecified atom stereocenters. The van der Waals surface area contributed by atoms with Crippen LogP contribution in [0.4, 0.5) is 0 Å². The van der Waals surface area contributed by atoms with E-state index in [9.17, 15) is 0 Å². The predicted molar refractivity (Wildman–Crippen MR) is 112 cm³/mol. The van der Waals surface area contributed by atoms with Gasteiger partial charge in [0.05, 0.1) is 0 Å². The first-order valence-electron chi connectivity index (χ1n) is 8.80. The Hall–Kier alpha value is -1.09. The Morgan fingerprint density at radius 3 is 1.46 bits per heavy atom. The summed E-state index contributed by atoms with van der Waals surface area (Å²) in [5.41, 5.74) is -0.240. The van der Waals surface area contributed by atoms with Gasteiger partial charge in [0.15, 0.2) is 0 Å². The van der Waals surface area contributed by atoms with Crippen LogP contribution in [-0.4, -0.2) is 20.2 Å². The third-order valence-corrected chi connectivity index (χ3v) is 6.52. The summed E-state index contributed by atoms with van der Waals surface area (Å²) >= 11 is 0. The zero-order chi connectivity index (χ0) is 18.2. The summed E-state index contributed by atoms with van der Waals surface area (Å²) in [6, 6.07) is 20.6. The van der Waals surface area contributed by atoms with Gasteiger partial charge in [-0.2, -0.15) is 0 Å². The molecule has 0 amide bonds. The van der Waals surface area contributed by atoms with Crippen molar-refractivity contribution in [1.29, 1.82) is 0 Å². The van der Waals surface area contributed by atoms with Crippen molar-refractivity contribution in [2.75, 3.05) is 0 Å². The van der Waals surface area contributed by atoms with Crippen LogP contribution in [0.5, 0.6) is 0 Å². The van der Waals surface area contributed by atoms with Gasteiger partial charge >= 0.3 is 18.9 Å². The van der Waals surface area contributed by atoms with Gasteiger partial charge in [0.2, 0.25) is 0 Å². The Kier molecular flexibility index (Phi) is 6.43. The second-order valence-corrected chi connectivity index (χ2v) is 10.1. The Balaban J connectivity index is 0.00000243. The minimum atomic E-state index is -1.46. The molecule has 3 rings (SSSR count). The van der Waals surface area contributed by atoms with Crippen LogP contribution in [0.3, 0.4) is 0 Å². The molecular weight excluding hydrogens is 327 g/mol. The van der Waals surface area contributed by atoms with Gasteiger partial charge < -0.3 is 9.96 Å². The van der Waals surface area contributed by atoms with E-state index in [2.05, 4.69) is 96.1 Å². The Morgan fingerprint density at radius 2 is 1.08 bits per heavy atom. The van der Waals surface area contributed by atoms with Crippen molar-refractivity contribution in [3.05, 3.63) is 64.6 Å². The fourth-order valence-corrected chi connectivity index (χ4v) is 5.39. The smallest absolute Gasteiger partial charge is 0.503 e. The van der Waals surface area contributed by atoms with Crippen molar-refractivity contribution >= 4 is 35.9 Å². The first-order chi connectivity index (χ1) is 11.6. The van der Waals surface area contributed by atoms with Crippen LogP contribution in [0.15, 0.2) is 48.5 Å². The third-order valence-electron chi connectivity index (χ3n) is 3.77. The summed E-state index contributed by atoms with van der Waals surface area (Å²) in [4.78, 5) is 10.4. The maximum atomic E-state index is 5.19. The van der Waals surface area contributed by atoms with Gasteiger partial charge in [-0.05, 0) is 0 Å². The molecule has 0 spiro atoms. The molecule has 26 heavy (non-hydrogen) atoms. The van der Waals surface area contributed by atoms with Crippen molar-refractivity contribution in [2.24, 2.45) is 0 Å². The summed E-state index contributed by atoms with van der Waals surface area (Å²) in [6.07, 6.45) is 0. The molecule has 0 atom stereocenters. The summed E-state index contributed by atoms with van der Waals surface area (Å²) in [7, 11) is -1.46. The summed E-state index contributed by atoms with van der Waals surface area (Å²) in [5, 5.41) is 6.05. The molecule has 0 heterocycles. The van der Waals surface area contributed by atoms with Crippen LogP contribution in [0.25, 0.3) is 31.5 Å². The van der Waals surface area contributed by atoms with E-state index in [0.717, 1.165) is 10.8 Å². The molecule has 0 fully saturated rings. The van der Waals surface area contributed by atoms with Crippen molar-refractivity contribution in [1.82, 2.24) is 0 Å². The molecule has 0 aliphatic carbocycles. The fraction of sp³-hybridized carbons (Fsp3) is 0.364. The van der Waals surface area contributed by atoms with Crippen LogP contribution < -0.4 is 24.0 Å². The second-order valence-electron chi connectivity index (χ2n) is 8.48. The van der Waals surface area contributed by atoms with E-state index >= 15 is 0 Å². The molecule has 0 aliphatic heterocycles. The van der Waals surface area contributed by atoms with Gasteiger partial charge in [0, 0.05) is 5.19 Å². The van der Waals surface area contributed by atoms with Gasteiger partial charge in [0.25, 0.3) is 0 Å². The molecule has 0 saturated heterocycles. The van der Waals surface area contributed by atoms with Crippen molar-refractivity contribution in [2.45, 2.75) is 52.6 Å². The summed E-state index contributed by atoms with van der Waals surface area (Å²) < 4.78 is 0. The number of hydrogen-bond donors (Lipinski definition) is 0. The van der Waals surface area contributed by atoms with Crippen LogP contribution in [-0.2, 0) is 0 Å². The Labute approximate surface area is 171 Å². The Morgan fingerprint density at radius 1 is 0.692 bits per heavy atom. The van der Waals surface area contributed by atoms with E-state index in [1.165, 1.54) is 16.0 Å². The maximum Gasteiger partial charge on any atom is 1.00 e. The van der Waals surface area contributed by atoms with Crippen LogP contribution >= 0.6 is 0 Å². The molecular formula is C22H26LiN2Si-. The normalized spacial score (nSPS) is 12.2. The summed E-state index contributed by atoms with van der Waals surface area (Å²) in [5.74, 6) is 0. The standard InChI is InChI=1S/C22H26N2Si.Li/c1-21(2,3)23-25(24-22(4,5)6)20-18-13-9-7-11-16(18)15-17-12-8-10-14-19(17)20;/h7-14H,1-6H3;/q-2;+1. The molecule has 0 bridgehead atoms. The summed E-state index contributed by atoms with van der Waals surface area (Å²) in [6.45, 7) is 13.0. The van der Waals surface area contributed by atoms with E-state index in [0.29, 0.717) is 0 Å². The molecule has 2 nitrogen and oxygen atoms in total. The van der Waals surface area contributed by atoms with Gasteiger partial charge in [-0.15, -0.1) is 40.0 Å². The first-order valence-corrected chi connectivity index (χ1v) is 10.2. The van der Waals surface area contributed by atoms with Crippen molar-refractivity contribution in [3.63, 3.8) is 0 Å². The zero-order valence-electron chi connectivity index (χ0n) is 17.0. The van der Waals surface area contributed by atoms with E-state index < -0.39 is 9.12 Å². The number of rotatable bonds is 3. The molecule has 0 aromatic heterocycles. The topological polar surface area (TPSA) is 28.2 Å². The average molecular weight is 353 g/mol. The van der Waals surface area contributed by atoms with E-state index in [-0.39, 0.29) is 29.9 Å². The van der Waals surface area contributed by atoms with Gasteiger partial charge in [-0.25, -0.2) is 0 Å². The monoisotopic (exact) mass is 353 g/mol. The maximum absolute atomic E-state index is 5.19. The number of hydrogen-bond acceptors (Lipinski definition) is 0. The van der Waals surface area contributed by atoms with Crippen LogP contribution in [0.1, 0.15) is 41.5 Å². The number of benzene rings is 3. The molecule has 3 aromatic rings. The minimum absolute atomic E-state index is 0. The largest absolute Gasteiger partial charge is 1.00 e. The van der Waals surface area contributed by atoms with Crippen LogP contribution in [0, 0.1) is 6.07 Å². The van der Waals surface area contributed by atoms with Crippen molar-refractivity contribution in [3.8, 4) is 0 Å². The first kappa shape index (κ1) is 21.2. The molecule has 0 N–H and O–H groups in total. The fourth-order valence-electron chi connectivity index (χ4n) is 2.92. The van der Waals surface area contributed by atoms with Gasteiger partial charge in [-0.1, -0.05) is 88.7 Å². The number of fused-ring (bicyclic) bond motifs is 2. The predicted octanol–water partition coefficient (Wildman–Crippen LogP) is 2.84. The quantitative estimate of drug-likeness (QED) is 0.394. The zero-order valence-corrected chi connectivity index (χ0v) is 18.0. The van der Waals surface area contributed by atoms with E-state index in [4.69, 9.17) is 9.96 Å². The minimum Gasteiger partial charge on any atom is -0.503 e. The number of nitrogens with zero attached hydrogens (tertiary/aromatic N) is 2. The van der Waals surface area contributed by atoms with Crippen molar-refractivity contribution < 1.29 is 18.9 Å². The van der Waals surface area contributed by atoms with Gasteiger partial charge in [0.1, 0.15) is 9.12 Å². The third kappa shape index (κ3) is 5.00. The van der Waals surface area contributed by atoms with Gasteiger partial charge in [-0.3, -0.25) is 0 Å². The SMILES string of the molecule is CC(C)(C)[N-][Si+]([N-]C(C)(C)C)c1c2ccccc2[c-]c2ccccc12.[Li+].